The summed E-state index contributed by atoms with van der Waals surface area (Å²) in [5.74, 6) is 0. The third-order valence-corrected chi connectivity index (χ3v) is 0.744. The second kappa shape index (κ2) is 154. The zero-order valence-electron chi connectivity index (χ0n) is 9.89. The molecule has 0 aromatic carbocycles. The molecular formula is C11H20MoO4. The van der Waals surface area contributed by atoms with E-state index in [1.54, 1.807) is 0 Å². The second-order valence-electron chi connectivity index (χ2n) is 1.37. The van der Waals surface area contributed by atoms with Gasteiger partial charge in [0.1, 0.15) is 27.2 Å². The van der Waals surface area contributed by atoms with Gasteiger partial charge in [0.05, 0.1) is 0 Å². The number of carbonyl (C=O) groups is 4. The Morgan fingerprint density at radius 3 is 1.00 bits per heavy atom. The summed E-state index contributed by atoms with van der Waals surface area (Å²) >= 11 is 0. The Morgan fingerprint density at radius 2 is 0.875 bits per heavy atom. The van der Waals surface area contributed by atoms with Gasteiger partial charge in [-0.05, 0) is 20.3 Å². The van der Waals surface area contributed by atoms with E-state index in [2.05, 4.69) is 24.3 Å². The topological polar surface area (TPSA) is 68.3 Å². The smallest absolute Gasteiger partial charge is 0.106 e. The van der Waals surface area contributed by atoms with Crippen molar-refractivity contribution < 1.29 is 40.2 Å². The SMILES string of the molecule is C=O.C=O.C=O.C=O.CC=CCC=CC.[Mo]. The van der Waals surface area contributed by atoms with E-state index in [-0.39, 0.29) is 21.1 Å². The van der Waals surface area contributed by atoms with Crippen LogP contribution in [0.3, 0.4) is 0 Å². The van der Waals surface area contributed by atoms with Crippen LogP contribution >= 0.6 is 0 Å². The van der Waals surface area contributed by atoms with Crippen molar-refractivity contribution in [2.75, 3.05) is 0 Å². The molecule has 0 N–H and O–H groups in total. The monoisotopic (exact) mass is 314 g/mol. The minimum absolute atomic E-state index is 0. The first-order chi connectivity index (χ1) is 7.41. The maximum absolute atomic E-state index is 8.00. The molecule has 0 aromatic rings. The molecule has 5 heteroatoms. The summed E-state index contributed by atoms with van der Waals surface area (Å²) in [4.78, 5) is 32.0. The Hall–Kier alpha value is -1.15. The summed E-state index contributed by atoms with van der Waals surface area (Å²) in [6.07, 6.45) is 9.44. The molecule has 0 unspecified atom stereocenters. The van der Waals surface area contributed by atoms with Crippen LogP contribution in [0, 0.1) is 0 Å². The summed E-state index contributed by atoms with van der Waals surface area (Å²) in [6.45, 7) is 12.1. The summed E-state index contributed by atoms with van der Waals surface area (Å²) < 4.78 is 0. The van der Waals surface area contributed by atoms with Crippen molar-refractivity contribution >= 4 is 27.2 Å². The zero-order chi connectivity index (χ0) is 13.5. The van der Waals surface area contributed by atoms with Gasteiger partial charge in [-0.2, -0.15) is 0 Å². The van der Waals surface area contributed by atoms with Gasteiger partial charge in [0.15, 0.2) is 0 Å². The molecule has 0 heterocycles. The summed E-state index contributed by atoms with van der Waals surface area (Å²) in [5.41, 5.74) is 0. The van der Waals surface area contributed by atoms with Crippen molar-refractivity contribution in [1.29, 1.82) is 0 Å². The van der Waals surface area contributed by atoms with E-state index in [9.17, 15) is 0 Å². The fraction of sp³-hybridized carbons (Fsp3) is 0.273. The number of rotatable bonds is 2. The molecule has 0 amide bonds. The van der Waals surface area contributed by atoms with Crippen LogP contribution in [0.2, 0.25) is 0 Å². The van der Waals surface area contributed by atoms with Crippen molar-refractivity contribution in [3.05, 3.63) is 24.3 Å². The quantitative estimate of drug-likeness (QED) is 0.576. The van der Waals surface area contributed by atoms with E-state index >= 15 is 0 Å². The predicted molar refractivity (Wildman–Crippen MR) is 62.7 cm³/mol. The van der Waals surface area contributed by atoms with Gasteiger partial charge in [-0.25, -0.2) is 0 Å². The fourth-order valence-electron chi connectivity index (χ4n) is 0.351. The van der Waals surface area contributed by atoms with Crippen molar-refractivity contribution in [2.45, 2.75) is 20.3 Å². The van der Waals surface area contributed by atoms with Gasteiger partial charge >= 0.3 is 0 Å². The molecule has 0 aliphatic carbocycles. The zero-order valence-corrected chi connectivity index (χ0v) is 11.9. The molecule has 0 rings (SSSR count). The maximum atomic E-state index is 8.00. The molecule has 94 valence electrons. The molecular weight excluding hydrogens is 292 g/mol. The van der Waals surface area contributed by atoms with Crippen LogP contribution in [0.5, 0.6) is 0 Å². The second-order valence-corrected chi connectivity index (χ2v) is 1.37. The molecule has 0 aromatic heterocycles. The van der Waals surface area contributed by atoms with E-state index in [0.29, 0.717) is 0 Å². The van der Waals surface area contributed by atoms with Crippen LogP contribution in [-0.2, 0) is 40.2 Å². The van der Waals surface area contributed by atoms with E-state index in [1.165, 1.54) is 0 Å². The average Bonchev–Trinajstić information content (AvgIpc) is 2.40. The fourth-order valence-corrected chi connectivity index (χ4v) is 0.351. The number of hydrogen-bond donors (Lipinski definition) is 0. The molecule has 16 heavy (non-hydrogen) atoms. The Bertz CT molecular complexity index is 109. The van der Waals surface area contributed by atoms with Crippen LogP contribution in [0.25, 0.3) is 0 Å². The normalized spacial score (nSPS) is 6.12. The molecule has 0 radical (unpaired) electrons. The van der Waals surface area contributed by atoms with E-state index in [0.717, 1.165) is 6.42 Å². The largest absolute Gasteiger partial charge is 0.307 e. The number of carbonyl (C=O) groups excluding carboxylic acids is 4. The van der Waals surface area contributed by atoms with Gasteiger partial charge in [-0.15, -0.1) is 0 Å². The molecule has 0 atom stereocenters. The summed E-state index contributed by atoms with van der Waals surface area (Å²) in [6, 6.07) is 0. The molecule has 0 spiro atoms. The van der Waals surface area contributed by atoms with Crippen molar-refractivity contribution in [2.24, 2.45) is 0 Å². The maximum Gasteiger partial charge on any atom is 0.106 e. The molecule has 0 bridgehead atoms. The van der Waals surface area contributed by atoms with Crippen LogP contribution in [0.4, 0.5) is 0 Å². The Labute approximate surface area is 112 Å². The van der Waals surface area contributed by atoms with Crippen molar-refractivity contribution in [3.63, 3.8) is 0 Å². The van der Waals surface area contributed by atoms with Gasteiger partial charge in [0, 0.05) is 21.1 Å². The summed E-state index contributed by atoms with van der Waals surface area (Å²) in [7, 11) is 0. The van der Waals surface area contributed by atoms with Gasteiger partial charge in [0.25, 0.3) is 0 Å². The van der Waals surface area contributed by atoms with Crippen LogP contribution < -0.4 is 0 Å². The van der Waals surface area contributed by atoms with Crippen molar-refractivity contribution in [3.8, 4) is 0 Å². The van der Waals surface area contributed by atoms with Crippen LogP contribution in [0.15, 0.2) is 24.3 Å². The molecule has 0 saturated heterocycles. The van der Waals surface area contributed by atoms with E-state index in [1.807, 2.05) is 41.0 Å². The Kier molecular flexibility index (Phi) is 351. The van der Waals surface area contributed by atoms with Gasteiger partial charge in [0.2, 0.25) is 0 Å². The summed E-state index contributed by atoms with van der Waals surface area (Å²) in [5, 5.41) is 0. The molecule has 0 saturated carbocycles. The predicted octanol–water partition coefficient (Wildman–Crippen LogP) is 1.79. The minimum atomic E-state index is 0. The molecule has 0 aliphatic heterocycles. The minimum Gasteiger partial charge on any atom is -0.307 e. The van der Waals surface area contributed by atoms with E-state index in [4.69, 9.17) is 19.2 Å². The molecule has 0 fully saturated rings. The first kappa shape index (κ1) is 36.4. The number of hydrogen-bond acceptors (Lipinski definition) is 4. The number of allylic oxidation sites excluding steroid dienone is 4. The Morgan fingerprint density at radius 1 is 0.688 bits per heavy atom. The van der Waals surface area contributed by atoms with Crippen LogP contribution in [0.1, 0.15) is 20.3 Å². The third-order valence-electron chi connectivity index (χ3n) is 0.744. The average molecular weight is 312 g/mol. The van der Waals surface area contributed by atoms with E-state index < -0.39 is 0 Å². The van der Waals surface area contributed by atoms with Gasteiger partial charge < -0.3 is 19.2 Å². The first-order valence-electron chi connectivity index (χ1n) is 3.79. The standard InChI is InChI=1S/C7H12.4CH2O.Mo/c1-3-5-7-6-4-2;4*1-2;/h3-6H,7H2,1-2H3;4*1H2;. The molecule has 0 aliphatic rings. The van der Waals surface area contributed by atoms with Crippen LogP contribution in [-0.4, -0.2) is 27.2 Å². The molecule has 4 nitrogen and oxygen atoms in total. The third kappa shape index (κ3) is 222. The van der Waals surface area contributed by atoms with Gasteiger partial charge in [-0.1, -0.05) is 24.3 Å². The van der Waals surface area contributed by atoms with Gasteiger partial charge in [-0.3, -0.25) is 0 Å². The first-order valence-corrected chi connectivity index (χ1v) is 3.79. The Balaban J connectivity index is -0.0000000238. The van der Waals surface area contributed by atoms with Crippen molar-refractivity contribution in [1.82, 2.24) is 0 Å².